The average Bonchev–Trinajstić information content (AvgIpc) is 3.25. The summed E-state index contributed by atoms with van der Waals surface area (Å²) in [6.07, 6.45) is 0. The lowest BCUT2D eigenvalue weighted by Gasteiger charge is -2.13. The van der Waals surface area contributed by atoms with Gasteiger partial charge in [-0.1, -0.05) is 60.7 Å². The Hall–Kier alpha value is -7.79. The molecule has 17 heteroatoms. The van der Waals surface area contributed by atoms with Crippen molar-refractivity contribution in [1.29, 1.82) is 0 Å². The summed E-state index contributed by atoms with van der Waals surface area (Å²) in [5.74, 6) is -1.41. The van der Waals surface area contributed by atoms with E-state index in [1.165, 1.54) is 74.9 Å². The molecule has 0 aliphatic rings. The number of benzene rings is 6. The van der Waals surface area contributed by atoms with Gasteiger partial charge in [0, 0.05) is 23.5 Å². The van der Waals surface area contributed by atoms with Gasteiger partial charge in [0.25, 0.3) is 23.2 Å². The van der Waals surface area contributed by atoms with Crippen molar-refractivity contribution < 1.29 is 46.8 Å². The monoisotopic (exact) mass is 818 g/mol. The number of hydrogen-bond donors (Lipinski definition) is 2. The maximum atomic E-state index is 13.5. The van der Waals surface area contributed by atoms with Crippen LogP contribution in [0.3, 0.4) is 0 Å². The maximum Gasteiger partial charge on any atom is 0.286 e. The van der Waals surface area contributed by atoms with Gasteiger partial charge in [-0.15, -0.1) is 0 Å². The second-order valence-electron chi connectivity index (χ2n) is 12.6. The van der Waals surface area contributed by atoms with Crippen LogP contribution >= 0.6 is 0 Å². The van der Waals surface area contributed by atoms with E-state index in [0.717, 1.165) is 23.3 Å². The number of methoxy groups -OCH3 is 2. The van der Waals surface area contributed by atoms with Crippen LogP contribution in [-0.4, -0.2) is 44.3 Å². The summed E-state index contributed by atoms with van der Waals surface area (Å²) < 4.78 is 49.2. The second-order valence-corrected chi connectivity index (χ2v) is 14.5. The van der Waals surface area contributed by atoms with Crippen LogP contribution in [0, 0.1) is 20.2 Å². The Labute approximate surface area is 337 Å². The molecule has 6 rings (SSSR count). The van der Waals surface area contributed by atoms with E-state index in [4.69, 9.17) is 18.9 Å². The van der Waals surface area contributed by atoms with Gasteiger partial charge in [0.2, 0.25) is 9.84 Å². The van der Waals surface area contributed by atoms with Crippen LogP contribution in [-0.2, 0) is 23.1 Å². The summed E-state index contributed by atoms with van der Waals surface area (Å²) >= 11 is 0. The highest BCUT2D eigenvalue weighted by Crippen LogP contribution is 2.37. The number of carbonyl (C=O) groups excluding carboxylic acids is 2. The van der Waals surface area contributed by atoms with Gasteiger partial charge in [-0.3, -0.25) is 29.8 Å². The van der Waals surface area contributed by atoms with Crippen molar-refractivity contribution in [1.82, 2.24) is 0 Å². The molecule has 0 saturated carbocycles. The first kappa shape index (κ1) is 40.9. The standard InChI is InChI=1S/C42H34N4O12S/c1-55-37-21-33(35(45(49)50)23-39(37)57-25-27-9-5-3-6-10-27)41(47)43-29-13-17-31(18-14-29)59(53,54)32-19-15-30(16-20-32)44-42(48)34-22-38(56-2)40(24-36(34)46(51)52)58-26-28-11-7-4-8-12-28/h3-24H,25-26H2,1-2H3,(H,43,47)(H,44,48). The van der Waals surface area contributed by atoms with Crippen molar-refractivity contribution in [3.63, 3.8) is 0 Å². The molecule has 59 heavy (non-hydrogen) atoms. The Bertz CT molecular complexity index is 2450. The molecule has 0 aromatic heterocycles. The van der Waals surface area contributed by atoms with Crippen LogP contribution in [0.5, 0.6) is 23.0 Å². The molecule has 0 aliphatic heterocycles. The number of ether oxygens (including phenoxy) is 4. The fourth-order valence-electron chi connectivity index (χ4n) is 5.75. The molecule has 0 saturated heterocycles. The summed E-state index contributed by atoms with van der Waals surface area (Å²) in [5.41, 5.74) is 0.202. The Morgan fingerprint density at radius 2 is 0.898 bits per heavy atom. The van der Waals surface area contributed by atoms with Gasteiger partial charge in [0.05, 0.1) is 46.0 Å². The lowest BCUT2D eigenvalue weighted by Crippen LogP contribution is -2.15. The highest BCUT2D eigenvalue weighted by molar-refractivity contribution is 7.91. The number of amides is 2. The third-order valence-electron chi connectivity index (χ3n) is 8.77. The molecule has 0 atom stereocenters. The van der Waals surface area contributed by atoms with Gasteiger partial charge in [-0.05, 0) is 59.7 Å². The van der Waals surface area contributed by atoms with Gasteiger partial charge in [-0.2, -0.15) is 0 Å². The van der Waals surface area contributed by atoms with Crippen molar-refractivity contribution in [2.75, 3.05) is 24.9 Å². The minimum atomic E-state index is -4.11. The van der Waals surface area contributed by atoms with Crippen molar-refractivity contribution in [2.24, 2.45) is 0 Å². The number of nitrogens with one attached hydrogen (secondary N) is 2. The Balaban J connectivity index is 1.13. The minimum Gasteiger partial charge on any atom is -0.493 e. The lowest BCUT2D eigenvalue weighted by molar-refractivity contribution is -0.385. The molecule has 0 aliphatic carbocycles. The van der Waals surface area contributed by atoms with Crippen LogP contribution in [0.15, 0.2) is 143 Å². The predicted octanol–water partition coefficient (Wildman–Crippen LogP) is 8.02. The van der Waals surface area contributed by atoms with E-state index in [2.05, 4.69) is 10.6 Å². The quantitative estimate of drug-likeness (QED) is 0.0701. The van der Waals surface area contributed by atoms with Gasteiger partial charge >= 0.3 is 0 Å². The van der Waals surface area contributed by atoms with E-state index in [9.17, 15) is 38.2 Å². The molecule has 0 heterocycles. The molecular formula is C42H34N4O12S. The fourth-order valence-corrected chi connectivity index (χ4v) is 7.01. The number of anilines is 2. The van der Waals surface area contributed by atoms with Crippen molar-refractivity contribution >= 4 is 44.4 Å². The van der Waals surface area contributed by atoms with Crippen LogP contribution < -0.4 is 29.6 Å². The molecule has 2 N–H and O–H groups in total. The zero-order valence-corrected chi connectivity index (χ0v) is 32.1. The van der Waals surface area contributed by atoms with Crippen LogP contribution in [0.4, 0.5) is 22.7 Å². The van der Waals surface area contributed by atoms with Gasteiger partial charge in [0.1, 0.15) is 24.3 Å². The third-order valence-corrected chi connectivity index (χ3v) is 10.6. The molecule has 6 aromatic carbocycles. The van der Waals surface area contributed by atoms with E-state index < -0.39 is 42.9 Å². The highest BCUT2D eigenvalue weighted by atomic mass is 32.2. The average molecular weight is 819 g/mol. The number of carbonyl (C=O) groups is 2. The van der Waals surface area contributed by atoms with Crippen LogP contribution in [0.2, 0.25) is 0 Å². The SMILES string of the molecule is COc1cc(C(=O)Nc2ccc(S(=O)(=O)c3ccc(NC(=O)c4cc(OC)c(OCc5ccccc5)cc4[N+](=O)[O-])cc3)cc2)c([N+](=O)[O-])cc1OCc1ccccc1. The molecule has 0 spiro atoms. The Morgan fingerprint density at radius 1 is 0.542 bits per heavy atom. The number of hydrogen-bond acceptors (Lipinski definition) is 12. The van der Waals surface area contributed by atoms with Crippen molar-refractivity contribution in [2.45, 2.75) is 23.0 Å². The van der Waals surface area contributed by atoms with Crippen molar-refractivity contribution in [3.8, 4) is 23.0 Å². The van der Waals surface area contributed by atoms with Gasteiger partial charge < -0.3 is 29.6 Å². The first-order chi connectivity index (χ1) is 28.4. The van der Waals surface area contributed by atoms with Crippen molar-refractivity contribution in [3.05, 3.63) is 176 Å². The molecule has 2 amide bonds. The summed E-state index contributed by atoms with van der Waals surface area (Å²) in [7, 11) is -1.45. The van der Waals surface area contributed by atoms with E-state index in [-0.39, 0.29) is 68.5 Å². The topological polar surface area (TPSA) is 216 Å². The fraction of sp³-hybridized carbons (Fsp3) is 0.0952. The Morgan fingerprint density at radius 3 is 1.22 bits per heavy atom. The van der Waals surface area contributed by atoms with E-state index >= 15 is 0 Å². The number of nitrogens with zero attached hydrogens (tertiary/aromatic N) is 2. The third kappa shape index (κ3) is 9.61. The van der Waals surface area contributed by atoms with Gasteiger partial charge in [-0.25, -0.2) is 8.42 Å². The molecule has 300 valence electrons. The number of nitro benzene ring substituents is 2. The Kier molecular flexibility index (Phi) is 12.5. The van der Waals surface area contributed by atoms with E-state index in [0.29, 0.717) is 0 Å². The molecule has 6 aromatic rings. The first-order valence-electron chi connectivity index (χ1n) is 17.5. The van der Waals surface area contributed by atoms with Crippen LogP contribution in [0.25, 0.3) is 0 Å². The summed E-state index contributed by atoms with van der Waals surface area (Å²) in [6.45, 7) is 0.195. The smallest absolute Gasteiger partial charge is 0.286 e. The van der Waals surface area contributed by atoms with E-state index in [1.54, 1.807) is 0 Å². The summed E-state index contributed by atoms with van der Waals surface area (Å²) in [4.78, 5) is 48.8. The lowest BCUT2D eigenvalue weighted by atomic mass is 10.1. The molecule has 0 radical (unpaired) electrons. The maximum absolute atomic E-state index is 13.5. The molecule has 16 nitrogen and oxygen atoms in total. The molecule has 0 unspecified atom stereocenters. The number of sulfone groups is 1. The predicted molar refractivity (Wildman–Crippen MR) is 215 cm³/mol. The van der Waals surface area contributed by atoms with Crippen LogP contribution in [0.1, 0.15) is 31.8 Å². The highest BCUT2D eigenvalue weighted by Gasteiger charge is 2.27. The number of rotatable bonds is 16. The summed E-state index contributed by atoms with van der Waals surface area (Å²) in [5, 5.41) is 29.0. The summed E-state index contributed by atoms with van der Waals surface area (Å²) in [6, 6.07) is 33.1. The second kappa shape index (κ2) is 18.0. The van der Waals surface area contributed by atoms with Gasteiger partial charge in [0.15, 0.2) is 23.0 Å². The number of nitro groups is 2. The molecule has 0 fully saturated rings. The normalized spacial score (nSPS) is 10.9. The molecular weight excluding hydrogens is 785 g/mol. The first-order valence-corrected chi connectivity index (χ1v) is 19.0. The minimum absolute atomic E-state index is 0.0600. The largest absolute Gasteiger partial charge is 0.493 e. The molecule has 0 bridgehead atoms. The zero-order valence-electron chi connectivity index (χ0n) is 31.3. The zero-order chi connectivity index (χ0) is 42.1. The van der Waals surface area contributed by atoms with E-state index in [1.807, 2.05) is 60.7 Å².